The summed E-state index contributed by atoms with van der Waals surface area (Å²) in [6, 6.07) is 9.89. The maximum atomic E-state index is 5.40. The lowest BCUT2D eigenvalue weighted by molar-refractivity contribution is 0.174. The number of benzene rings is 1. The Bertz CT molecular complexity index is 731. The molecule has 0 bridgehead atoms. The molecule has 0 saturated carbocycles. The van der Waals surface area contributed by atoms with Crippen molar-refractivity contribution in [1.82, 2.24) is 15.6 Å². The summed E-state index contributed by atoms with van der Waals surface area (Å²) in [5, 5.41) is 6.57. The van der Waals surface area contributed by atoms with Gasteiger partial charge in [-0.05, 0) is 43.2 Å². The molecule has 126 valence electrons. The molecule has 0 unspecified atom stereocenters. The number of aromatic nitrogens is 1. The number of rotatable bonds is 5. The number of nitrogens with zero attached hydrogens (tertiary/aromatic N) is 2. The van der Waals surface area contributed by atoms with Crippen LogP contribution in [0.25, 0.3) is 0 Å². The SMILES string of the molecule is CCNC(=NCc1ccc2c(c1)OCO2)NCc1ncccc1C. The van der Waals surface area contributed by atoms with Gasteiger partial charge in [-0.15, -0.1) is 0 Å². The van der Waals surface area contributed by atoms with Gasteiger partial charge in [0.15, 0.2) is 17.5 Å². The Morgan fingerprint density at radius 2 is 2.08 bits per heavy atom. The second-order valence-corrected chi connectivity index (χ2v) is 5.50. The molecule has 1 aromatic heterocycles. The molecule has 0 amide bonds. The van der Waals surface area contributed by atoms with E-state index >= 15 is 0 Å². The molecule has 2 heterocycles. The largest absolute Gasteiger partial charge is 0.454 e. The number of hydrogen-bond acceptors (Lipinski definition) is 4. The summed E-state index contributed by atoms with van der Waals surface area (Å²) in [5.41, 5.74) is 3.26. The highest BCUT2D eigenvalue weighted by molar-refractivity contribution is 5.79. The predicted octanol–water partition coefficient (Wildman–Crippen LogP) is 2.37. The standard InChI is InChI=1S/C18H22N4O2/c1-3-19-18(22-11-15-13(2)5-4-8-20-15)21-10-14-6-7-16-17(9-14)24-12-23-16/h4-9H,3,10-12H2,1-2H3,(H2,19,21,22). The van der Waals surface area contributed by atoms with Crippen molar-refractivity contribution in [1.29, 1.82) is 0 Å². The first-order chi connectivity index (χ1) is 11.8. The van der Waals surface area contributed by atoms with Crippen LogP contribution in [-0.2, 0) is 13.1 Å². The molecule has 1 aromatic carbocycles. The molecule has 0 fully saturated rings. The molecule has 24 heavy (non-hydrogen) atoms. The van der Waals surface area contributed by atoms with Crippen LogP contribution >= 0.6 is 0 Å². The van der Waals surface area contributed by atoms with Crippen LogP contribution in [0.15, 0.2) is 41.5 Å². The van der Waals surface area contributed by atoms with E-state index in [1.165, 1.54) is 0 Å². The van der Waals surface area contributed by atoms with Gasteiger partial charge >= 0.3 is 0 Å². The van der Waals surface area contributed by atoms with Gasteiger partial charge in [-0.3, -0.25) is 4.98 Å². The zero-order chi connectivity index (χ0) is 16.8. The van der Waals surface area contributed by atoms with Crippen molar-refractivity contribution in [2.24, 2.45) is 4.99 Å². The Hall–Kier alpha value is -2.76. The fraction of sp³-hybridized carbons (Fsp3) is 0.333. The lowest BCUT2D eigenvalue weighted by Crippen LogP contribution is -2.37. The minimum Gasteiger partial charge on any atom is -0.454 e. The molecule has 0 spiro atoms. The van der Waals surface area contributed by atoms with E-state index in [1.807, 2.05) is 31.2 Å². The third kappa shape index (κ3) is 3.95. The molecule has 0 aliphatic carbocycles. The van der Waals surface area contributed by atoms with E-state index in [0.29, 0.717) is 13.1 Å². The highest BCUT2D eigenvalue weighted by Gasteiger charge is 2.13. The summed E-state index contributed by atoms with van der Waals surface area (Å²) in [4.78, 5) is 9.02. The van der Waals surface area contributed by atoms with E-state index in [9.17, 15) is 0 Å². The Labute approximate surface area is 141 Å². The van der Waals surface area contributed by atoms with E-state index < -0.39 is 0 Å². The smallest absolute Gasteiger partial charge is 0.231 e. The molecular formula is C18H22N4O2. The predicted molar refractivity (Wildman–Crippen MR) is 93.2 cm³/mol. The van der Waals surface area contributed by atoms with Crippen molar-refractivity contribution in [3.63, 3.8) is 0 Å². The van der Waals surface area contributed by atoms with Crippen molar-refractivity contribution < 1.29 is 9.47 Å². The number of aliphatic imine (C=N–C) groups is 1. The van der Waals surface area contributed by atoms with Gasteiger partial charge in [0.05, 0.1) is 18.8 Å². The second kappa shape index (κ2) is 7.68. The second-order valence-electron chi connectivity index (χ2n) is 5.50. The Balaban J connectivity index is 1.64. The molecule has 6 heteroatoms. The lowest BCUT2D eigenvalue weighted by Gasteiger charge is -2.12. The average molecular weight is 326 g/mol. The summed E-state index contributed by atoms with van der Waals surface area (Å²) < 4.78 is 10.7. The van der Waals surface area contributed by atoms with E-state index in [4.69, 9.17) is 9.47 Å². The number of aryl methyl sites for hydroxylation is 1. The van der Waals surface area contributed by atoms with Crippen LogP contribution in [0.5, 0.6) is 11.5 Å². The van der Waals surface area contributed by atoms with Crippen LogP contribution < -0.4 is 20.1 Å². The first-order valence-corrected chi connectivity index (χ1v) is 8.07. The molecule has 2 aromatic rings. The Kier molecular flexibility index (Phi) is 5.15. The van der Waals surface area contributed by atoms with Crippen molar-refractivity contribution in [3.8, 4) is 11.5 Å². The van der Waals surface area contributed by atoms with Gasteiger partial charge in [-0.1, -0.05) is 12.1 Å². The summed E-state index contributed by atoms with van der Waals surface area (Å²) in [5.74, 6) is 2.34. The average Bonchev–Trinajstić information content (AvgIpc) is 3.06. The molecule has 2 N–H and O–H groups in total. The maximum absolute atomic E-state index is 5.40. The molecule has 6 nitrogen and oxygen atoms in total. The first-order valence-electron chi connectivity index (χ1n) is 8.07. The summed E-state index contributed by atoms with van der Waals surface area (Å²) in [6.07, 6.45) is 1.81. The molecule has 3 rings (SSSR count). The lowest BCUT2D eigenvalue weighted by atomic mass is 10.2. The normalized spacial score (nSPS) is 13.0. The Morgan fingerprint density at radius 1 is 1.21 bits per heavy atom. The fourth-order valence-corrected chi connectivity index (χ4v) is 2.42. The van der Waals surface area contributed by atoms with Gasteiger partial charge in [0.1, 0.15) is 0 Å². The molecular weight excluding hydrogens is 304 g/mol. The number of fused-ring (bicyclic) bond motifs is 1. The minimum absolute atomic E-state index is 0.287. The summed E-state index contributed by atoms with van der Waals surface area (Å²) in [7, 11) is 0. The van der Waals surface area contributed by atoms with Gasteiger partial charge < -0.3 is 20.1 Å². The molecule has 1 aliphatic heterocycles. The Morgan fingerprint density at radius 3 is 2.92 bits per heavy atom. The van der Waals surface area contributed by atoms with Crippen LogP contribution in [0.1, 0.15) is 23.7 Å². The molecule has 0 radical (unpaired) electrons. The first kappa shape index (κ1) is 16.1. The van der Waals surface area contributed by atoms with Gasteiger partial charge in [0.25, 0.3) is 0 Å². The molecule has 0 atom stereocenters. The maximum Gasteiger partial charge on any atom is 0.231 e. The van der Waals surface area contributed by atoms with Crippen LogP contribution in [0, 0.1) is 6.92 Å². The van der Waals surface area contributed by atoms with Gasteiger partial charge in [0, 0.05) is 12.7 Å². The third-order valence-corrected chi connectivity index (χ3v) is 3.74. The van der Waals surface area contributed by atoms with Gasteiger partial charge in [-0.2, -0.15) is 0 Å². The quantitative estimate of drug-likeness (QED) is 0.652. The summed E-state index contributed by atoms with van der Waals surface area (Å²) in [6.45, 7) is 6.39. The number of pyridine rings is 1. The molecule has 1 aliphatic rings. The van der Waals surface area contributed by atoms with Crippen LogP contribution in [0.3, 0.4) is 0 Å². The topological polar surface area (TPSA) is 67.8 Å². The number of guanidine groups is 1. The van der Waals surface area contributed by atoms with E-state index in [-0.39, 0.29) is 6.79 Å². The number of hydrogen-bond donors (Lipinski definition) is 2. The van der Waals surface area contributed by atoms with Crippen molar-refractivity contribution in [2.75, 3.05) is 13.3 Å². The number of ether oxygens (including phenoxy) is 2. The van der Waals surface area contributed by atoms with Crippen molar-refractivity contribution in [3.05, 3.63) is 53.3 Å². The van der Waals surface area contributed by atoms with E-state index in [2.05, 4.69) is 33.6 Å². The van der Waals surface area contributed by atoms with E-state index in [0.717, 1.165) is 40.8 Å². The molecule has 0 saturated heterocycles. The monoisotopic (exact) mass is 326 g/mol. The van der Waals surface area contributed by atoms with Crippen LogP contribution in [0.2, 0.25) is 0 Å². The van der Waals surface area contributed by atoms with Crippen molar-refractivity contribution in [2.45, 2.75) is 26.9 Å². The third-order valence-electron chi connectivity index (χ3n) is 3.74. The zero-order valence-corrected chi connectivity index (χ0v) is 14.0. The van der Waals surface area contributed by atoms with Gasteiger partial charge in [0.2, 0.25) is 6.79 Å². The highest BCUT2D eigenvalue weighted by atomic mass is 16.7. The van der Waals surface area contributed by atoms with Crippen molar-refractivity contribution >= 4 is 5.96 Å². The van der Waals surface area contributed by atoms with Crippen LogP contribution in [0.4, 0.5) is 0 Å². The summed E-state index contributed by atoms with van der Waals surface area (Å²) >= 11 is 0. The number of nitrogens with one attached hydrogen (secondary N) is 2. The zero-order valence-electron chi connectivity index (χ0n) is 14.0. The minimum atomic E-state index is 0.287. The highest BCUT2D eigenvalue weighted by Crippen LogP contribution is 2.32. The van der Waals surface area contributed by atoms with Crippen LogP contribution in [-0.4, -0.2) is 24.3 Å². The van der Waals surface area contributed by atoms with E-state index in [1.54, 1.807) is 6.20 Å². The fourth-order valence-electron chi connectivity index (χ4n) is 2.42. The van der Waals surface area contributed by atoms with Gasteiger partial charge in [-0.25, -0.2) is 4.99 Å².